The number of nitrogens with one attached hydrogen (secondary N) is 1. The molecular formula is C15H19FN4O2S3. The molecule has 6 nitrogen and oxygen atoms in total. The van der Waals surface area contributed by atoms with Crippen LogP contribution in [-0.2, 0) is 16.4 Å². The second kappa shape index (κ2) is 8.43. The number of thioether (sulfide) groups is 1. The van der Waals surface area contributed by atoms with Gasteiger partial charge in [-0.2, -0.15) is 11.8 Å². The van der Waals surface area contributed by atoms with Gasteiger partial charge in [0.15, 0.2) is 0 Å². The Hall–Kier alpha value is -1.23. The molecule has 1 aromatic carbocycles. The zero-order chi connectivity index (χ0) is 17.7. The van der Waals surface area contributed by atoms with E-state index in [9.17, 15) is 12.8 Å². The smallest absolute Gasteiger partial charge is 0.215 e. The van der Waals surface area contributed by atoms with Crippen molar-refractivity contribution in [1.82, 2.24) is 14.5 Å². The minimum atomic E-state index is -3.22. The van der Waals surface area contributed by atoms with Crippen LogP contribution in [0.4, 0.5) is 9.52 Å². The third kappa shape index (κ3) is 5.37. The highest BCUT2D eigenvalue weighted by Gasteiger charge is 2.23. The third-order valence-corrected chi connectivity index (χ3v) is 7.43. The van der Waals surface area contributed by atoms with Crippen LogP contribution in [0.5, 0.6) is 0 Å². The monoisotopic (exact) mass is 402 g/mol. The van der Waals surface area contributed by atoms with Gasteiger partial charge in [0.1, 0.15) is 10.8 Å². The number of benzene rings is 1. The molecule has 2 heterocycles. The van der Waals surface area contributed by atoms with Crippen molar-refractivity contribution in [3.8, 4) is 0 Å². The third-order valence-electron chi connectivity index (χ3n) is 3.74. The lowest BCUT2D eigenvalue weighted by Crippen LogP contribution is -2.40. The van der Waals surface area contributed by atoms with Crippen LogP contribution in [-0.4, -0.2) is 59.8 Å². The average molecular weight is 403 g/mol. The van der Waals surface area contributed by atoms with Crippen molar-refractivity contribution in [2.45, 2.75) is 6.42 Å². The van der Waals surface area contributed by atoms with Gasteiger partial charge >= 0.3 is 0 Å². The fourth-order valence-corrected chi connectivity index (χ4v) is 5.71. The zero-order valence-electron chi connectivity index (χ0n) is 13.5. The number of aromatic nitrogens is 2. The Morgan fingerprint density at radius 1 is 1.16 bits per heavy atom. The minimum Gasteiger partial charge on any atom is -0.359 e. The fraction of sp³-hybridized carbons (Fsp3) is 0.467. The number of hydrogen-bond acceptors (Lipinski definition) is 7. The van der Waals surface area contributed by atoms with Gasteiger partial charge in [0.2, 0.25) is 15.2 Å². The first-order valence-corrected chi connectivity index (χ1v) is 11.5. The summed E-state index contributed by atoms with van der Waals surface area (Å²) in [5.74, 6) is 1.49. The van der Waals surface area contributed by atoms with Crippen molar-refractivity contribution in [2.75, 3.05) is 42.2 Å². The van der Waals surface area contributed by atoms with Gasteiger partial charge in [-0.15, -0.1) is 10.2 Å². The topological polar surface area (TPSA) is 75.2 Å². The molecule has 0 aliphatic carbocycles. The van der Waals surface area contributed by atoms with Crippen LogP contribution in [0.2, 0.25) is 0 Å². The molecule has 3 rings (SSSR count). The summed E-state index contributed by atoms with van der Waals surface area (Å²) in [5, 5.41) is 12.5. The van der Waals surface area contributed by atoms with E-state index >= 15 is 0 Å². The summed E-state index contributed by atoms with van der Waals surface area (Å²) in [7, 11) is -3.22. The van der Waals surface area contributed by atoms with Gasteiger partial charge in [0.05, 0.1) is 5.75 Å². The Morgan fingerprint density at radius 2 is 1.88 bits per heavy atom. The Labute approximate surface area is 154 Å². The molecule has 0 bridgehead atoms. The summed E-state index contributed by atoms with van der Waals surface area (Å²) in [4.78, 5) is 0. The van der Waals surface area contributed by atoms with Crippen molar-refractivity contribution >= 4 is 38.3 Å². The molecule has 1 N–H and O–H groups in total. The van der Waals surface area contributed by atoms with Crippen LogP contribution in [0.15, 0.2) is 24.3 Å². The van der Waals surface area contributed by atoms with Crippen LogP contribution in [0.25, 0.3) is 0 Å². The summed E-state index contributed by atoms with van der Waals surface area (Å²) in [5.41, 5.74) is 0.953. The summed E-state index contributed by atoms with van der Waals surface area (Å²) in [6, 6.07) is 6.26. The minimum absolute atomic E-state index is 0.0462. The molecule has 1 fully saturated rings. The van der Waals surface area contributed by atoms with Gasteiger partial charge in [-0.05, 0) is 17.7 Å². The summed E-state index contributed by atoms with van der Waals surface area (Å²) in [6.45, 7) is 1.48. The SMILES string of the molecule is O=S(=O)(CCNc1nnc(Cc2ccc(F)cc2)s1)N1CCSCC1. The van der Waals surface area contributed by atoms with Crippen molar-refractivity contribution in [2.24, 2.45) is 0 Å². The van der Waals surface area contributed by atoms with E-state index in [0.29, 0.717) is 31.2 Å². The molecule has 1 aliphatic heterocycles. The molecular weight excluding hydrogens is 383 g/mol. The lowest BCUT2D eigenvalue weighted by Gasteiger charge is -2.25. The highest BCUT2D eigenvalue weighted by Crippen LogP contribution is 2.19. The van der Waals surface area contributed by atoms with E-state index in [-0.39, 0.29) is 11.6 Å². The number of anilines is 1. The molecule has 0 unspecified atom stereocenters. The number of rotatable bonds is 7. The largest absolute Gasteiger partial charge is 0.359 e. The van der Waals surface area contributed by atoms with Crippen LogP contribution < -0.4 is 5.32 Å². The average Bonchev–Trinajstić information content (AvgIpc) is 3.05. The van der Waals surface area contributed by atoms with Crippen molar-refractivity contribution in [3.63, 3.8) is 0 Å². The Balaban J connectivity index is 1.49. The van der Waals surface area contributed by atoms with Crippen molar-refractivity contribution < 1.29 is 12.8 Å². The van der Waals surface area contributed by atoms with E-state index in [1.165, 1.54) is 23.5 Å². The molecule has 0 spiro atoms. The number of halogens is 1. The first-order chi connectivity index (χ1) is 12.0. The lowest BCUT2D eigenvalue weighted by atomic mass is 10.2. The fourth-order valence-electron chi connectivity index (χ4n) is 2.41. The van der Waals surface area contributed by atoms with E-state index in [4.69, 9.17) is 0 Å². The van der Waals surface area contributed by atoms with Crippen molar-refractivity contribution in [1.29, 1.82) is 0 Å². The first kappa shape index (κ1) is 18.6. The maximum atomic E-state index is 12.9. The number of hydrogen-bond donors (Lipinski definition) is 1. The highest BCUT2D eigenvalue weighted by atomic mass is 32.2. The summed E-state index contributed by atoms with van der Waals surface area (Å²) in [6.07, 6.45) is 0.573. The molecule has 0 atom stereocenters. The second-order valence-corrected chi connectivity index (χ2v) is 9.93. The Kier molecular flexibility index (Phi) is 6.26. The maximum Gasteiger partial charge on any atom is 0.215 e. The van der Waals surface area contributed by atoms with Crippen LogP contribution >= 0.6 is 23.1 Å². The summed E-state index contributed by atoms with van der Waals surface area (Å²) < 4.78 is 39.0. The van der Waals surface area contributed by atoms with Crippen molar-refractivity contribution in [3.05, 3.63) is 40.7 Å². The Bertz CT molecular complexity index is 789. The van der Waals surface area contributed by atoms with Crippen LogP contribution in [0.3, 0.4) is 0 Å². The maximum absolute atomic E-state index is 12.9. The molecule has 10 heteroatoms. The second-order valence-electron chi connectivity index (χ2n) is 5.56. The molecule has 25 heavy (non-hydrogen) atoms. The number of sulfonamides is 1. The van der Waals surface area contributed by atoms with Gasteiger partial charge in [-0.3, -0.25) is 0 Å². The van der Waals surface area contributed by atoms with Crippen LogP contribution in [0.1, 0.15) is 10.6 Å². The normalized spacial score (nSPS) is 16.0. The molecule has 1 aliphatic rings. The van der Waals surface area contributed by atoms with Gasteiger partial charge in [0, 0.05) is 37.6 Å². The quantitative estimate of drug-likeness (QED) is 0.764. The van der Waals surface area contributed by atoms with Gasteiger partial charge in [-0.25, -0.2) is 17.1 Å². The predicted molar refractivity (Wildman–Crippen MR) is 100 cm³/mol. The molecule has 0 saturated carbocycles. The molecule has 2 aromatic rings. The van der Waals surface area contributed by atoms with E-state index in [0.717, 1.165) is 22.1 Å². The molecule has 0 amide bonds. The molecule has 1 aromatic heterocycles. The molecule has 0 radical (unpaired) electrons. The van der Waals surface area contributed by atoms with Gasteiger partial charge in [-0.1, -0.05) is 23.5 Å². The zero-order valence-corrected chi connectivity index (χ0v) is 16.0. The van der Waals surface area contributed by atoms with Crippen LogP contribution in [0, 0.1) is 5.82 Å². The van der Waals surface area contributed by atoms with E-state index in [1.807, 2.05) is 0 Å². The van der Waals surface area contributed by atoms with Gasteiger partial charge in [0.25, 0.3) is 0 Å². The summed E-state index contributed by atoms with van der Waals surface area (Å²) >= 11 is 3.16. The van der Waals surface area contributed by atoms with E-state index in [2.05, 4.69) is 15.5 Å². The van der Waals surface area contributed by atoms with E-state index < -0.39 is 10.0 Å². The Morgan fingerprint density at radius 3 is 2.60 bits per heavy atom. The molecule has 1 saturated heterocycles. The standard InChI is InChI=1S/C15H19FN4O2S3/c16-13-3-1-12(2-4-13)11-14-18-19-15(24-14)17-5-10-25(21,22)20-6-8-23-9-7-20/h1-4H,5-11H2,(H,17,19). The highest BCUT2D eigenvalue weighted by molar-refractivity contribution is 7.99. The first-order valence-electron chi connectivity index (χ1n) is 7.89. The molecule has 136 valence electrons. The number of nitrogens with zero attached hydrogens (tertiary/aromatic N) is 3. The van der Waals surface area contributed by atoms with E-state index in [1.54, 1.807) is 28.2 Å². The predicted octanol–water partition coefficient (Wildman–Crippen LogP) is 2.06. The van der Waals surface area contributed by atoms with Gasteiger partial charge < -0.3 is 5.32 Å². The lowest BCUT2D eigenvalue weighted by molar-refractivity contribution is 0.444.